The average Bonchev–Trinajstić information content (AvgIpc) is 2.42. The predicted molar refractivity (Wildman–Crippen MR) is 84.9 cm³/mol. The zero-order valence-corrected chi connectivity index (χ0v) is 14.5. The van der Waals surface area contributed by atoms with Gasteiger partial charge in [-0.15, -0.1) is 0 Å². The Balaban J connectivity index is 4.11. The van der Waals surface area contributed by atoms with Crippen molar-refractivity contribution in [2.75, 3.05) is 27.2 Å². The van der Waals surface area contributed by atoms with Crippen molar-refractivity contribution < 1.29 is 9.53 Å². The highest BCUT2D eigenvalue weighted by atomic mass is 16.5. The Kier molecular flexibility index (Phi) is 9.06. The Labute approximate surface area is 125 Å². The van der Waals surface area contributed by atoms with Gasteiger partial charge in [-0.25, -0.2) is 0 Å². The highest BCUT2D eigenvalue weighted by Crippen LogP contribution is 2.16. The van der Waals surface area contributed by atoms with Crippen molar-refractivity contribution >= 4 is 5.97 Å². The van der Waals surface area contributed by atoms with Gasteiger partial charge >= 0.3 is 5.97 Å². The Morgan fingerprint density at radius 3 is 2.35 bits per heavy atom. The molecule has 0 amide bonds. The fraction of sp³-hybridized carbons (Fsp3) is 0.938. The molecule has 0 fully saturated rings. The minimum Gasteiger partial charge on any atom is -0.465 e. The topological polar surface area (TPSA) is 41.6 Å². The lowest BCUT2D eigenvalue weighted by Gasteiger charge is -2.29. The lowest BCUT2D eigenvalue weighted by molar-refractivity contribution is -0.150. The van der Waals surface area contributed by atoms with Crippen molar-refractivity contribution in [3.8, 4) is 0 Å². The first-order chi connectivity index (χ1) is 9.28. The van der Waals surface area contributed by atoms with Gasteiger partial charge in [0.25, 0.3) is 0 Å². The predicted octanol–water partition coefficient (Wildman–Crippen LogP) is 2.67. The number of unbranched alkanes of at least 4 members (excludes halogenated alkanes) is 1. The second-order valence-electron chi connectivity index (χ2n) is 6.22. The van der Waals surface area contributed by atoms with Gasteiger partial charge in [-0.2, -0.15) is 0 Å². The second kappa shape index (κ2) is 9.35. The second-order valence-corrected chi connectivity index (χ2v) is 6.22. The van der Waals surface area contributed by atoms with Crippen LogP contribution in [-0.2, 0) is 9.53 Å². The third-order valence-electron chi connectivity index (χ3n) is 4.38. The minimum atomic E-state index is -0.557. The maximum Gasteiger partial charge on any atom is 0.326 e. The molecule has 2 atom stereocenters. The molecule has 0 heterocycles. The van der Waals surface area contributed by atoms with Gasteiger partial charge in [0.1, 0.15) is 5.54 Å². The van der Waals surface area contributed by atoms with Crippen molar-refractivity contribution in [1.82, 2.24) is 10.2 Å². The summed E-state index contributed by atoms with van der Waals surface area (Å²) in [4.78, 5) is 14.3. The van der Waals surface area contributed by atoms with Crippen LogP contribution in [0.15, 0.2) is 0 Å². The first-order valence-electron chi connectivity index (χ1n) is 7.84. The number of nitrogens with zero attached hydrogens (tertiary/aromatic N) is 1. The molecule has 4 nitrogen and oxygen atoms in total. The van der Waals surface area contributed by atoms with Gasteiger partial charge in [-0.3, -0.25) is 4.79 Å². The summed E-state index contributed by atoms with van der Waals surface area (Å²) in [7, 11) is 4.00. The number of ether oxygens (including phenoxy) is 1. The van der Waals surface area contributed by atoms with E-state index in [2.05, 4.69) is 38.0 Å². The molecule has 0 aliphatic heterocycles. The average molecular weight is 286 g/mol. The number of hydrogen-bond donors (Lipinski definition) is 1. The van der Waals surface area contributed by atoms with E-state index >= 15 is 0 Å². The van der Waals surface area contributed by atoms with Crippen molar-refractivity contribution in [2.24, 2.45) is 5.92 Å². The van der Waals surface area contributed by atoms with Gasteiger partial charge in [0.15, 0.2) is 0 Å². The molecule has 0 aliphatic carbocycles. The molecule has 0 rings (SSSR count). The maximum absolute atomic E-state index is 11.9. The van der Waals surface area contributed by atoms with Crippen molar-refractivity contribution in [2.45, 2.75) is 65.5 Å². The van der Waals surface area contributed by atoms with Crippen LogP contribution >= 0.6 is 0 Å². The fourth-order valence-electron chi connectivity index (χ4n) is 2.17. The zero-order valence-electron chi connectivity index (χ0n) is 14.5. The molecule has 120 valence electrons. The van der Waals surface area contributed by atoms with Crippen LogP contribution in [0.25, 0.3) is 0 Å². The van der Waals surface area contributed by atoms with E-state index in [1.807, 2.05) is 20.9 Å². The Morgan fingerprint density at radius 1 is 1.30 bits per heavy atom. The number of carbonyl (C=O) groups excluding carboxylic acids is 1. The van der Waals surface area contributed by atoms with E-state index in [-0.39, 0.29) is 5.97 Å². The molecule has 0 aliphatic rings. The molecular formula is C16H34N2O2. The molecule has 4 heteroatoms. The Morgan fingerprint density at radius 2 is 1.90 bits per heavy atom. The van der Waals surface area contributed by atoms with Crippen molar-refractivity contribution in [1.29, 1.82) is 0 Å². The standard InChI is InChI=1S/C16H34N2O2/c1-8-20-15(19)16(5,17-6)11-9-10-12-18(7)14(4)13(2)3/h13-14,17H,8-12H2,1-7H3. The largest absolute Gasteiger partial charge is 0.465 e. The number of likely N-dealkylation sites (N-methyl/N-ethyl adjacent to an activating group) is 1. The molecule has 1 N–H and O–H groups in total. The molecule has 0 radical (unpaired) electrons. The smallest absolute Gasteiger partial charge is 0.326 e. The highest BCUT2D eigenvalue weighted by Gasteiger charge is 2.32. The van der Waals surface area contributed by atoms with Crippen LogP contribution in [0.5, 0.6) is 0 Å². The number of rotatable bonds is 10. The quantitative estimate of drug-likeness (QED) is 0.495. The van der Waals surface area contributed by atoms with Gasteiger partial charge in [-0.1, -0.05) is 13.8 Å². The van der Waals surface area contributed by atoms with E-state index in [1.54, 1.807) is 0 Å². The lowest BCUT2D eigenvalue weighted by atomic mass is 9.95. The van der Waals surface area contributed by atoms with E-state index in [1.165, 1.54) is 0 Å². The monoisotopic (exact) mass is 286 g/mol. The third-order valence-corrected chi connectivity index (χ3v) is 4.38. The van der Waals surface area contributed by atoms with E-state index in [0.29, 0.717) is 18.6 Å². The summed E-state index contributed by atoms with van der Waals surface area (Å²) in [5, 5.41) is 3.10. The van der Waals surface area contributed by atoms with E-state index in [0.717, 1.165) is 25.8 Å². The normalized spacial score (nSPS) is 16.2. The third kappa shape index (κ3) is 6.23. The molecule has 2 unspecified atom stereocenters. The lowest BCUT2D eigenvalue weighted by Crippen LogP contribution is -2.48. The molecule has 0 saturated carbocycles. The van der Waals surface area contributed by atoms with Gasteiger partial charge in [-0.05, 0) is 66.6 Å². The SMILES string of the molecule is CCOC(=O)C(C)(CCCCN(C)C(C)C(C)C)NC. The molecule has 0 aromatic heterocycles. The van der Waals surface area contributed by atoms with E-state index in [9.17, 15) is 4.79 Å². The number of esters is 1. The Hall–Kier alpha value is -0.610. The van der Waals surface area contributed by atoms with Crippen LogP contribution in [0, 0.1) is 5.92 Å². The van der Waals surface area contributed by atoms with Gasteiger partial charge in [0.2, 0.25) is 0 Å². The maximum atomic E-state index is 11.9. The van der Waals surface area contributed by atoms with Gasteiger partial charge in [0, 0.05) is 6.04 Å². The van der Waals surface area contributed by atoms with Crippen LogP contribution in [-0.4, -0.2) is 49.7 Å². The zero-order chi connectivity index (χ0) is 15.8. The van der Waals surface area contributed by atoms with E-state index < -0.39 is 5.54 Å². The minimum absolute atomic E-state index is 0.147. The summed E-state index contributed by atoms with van der Waals surface area (Å²) >= 11 is 0. The summed E-state index contributed by atoms with van der Waals surface area (Å²) in [6.45, 7) is 12.0. The molecular weight excluding hydrogens is 252 g/mol. The number of nitrogens with one attached hydrogen (secondary N) is 1. The Bertz CT molecular complexity index is 282. The molecule has 0 saturated heterocycles. The summed E-state index contributed by atoms with van der Waals surface area (Å²) in [6, 6.07) is 0.593. The van der Waals surface area contributed by atoms with Gasteiger partial charge < -0.3 is 15.0 Å². The van der Waals surface area contributed by atoms with Crippen molar-refractivity contribution in [3.05, 3.63) is 0 Å². The number of hydrogen-bond acceptors (Lipinski definition) is 4. The first-order valence-corrected chi connectivity index (χ1v) is 7.84. The highest BCUT2D eigenvalue weighted by molar-refractivity contribution is 5.80. The summed E-state index contributed by atoms with van der Waals surface area (Å²) in [6.07, 6.45) is 2.93. The molecule has 0 aromatic carbocycles. The molecule has 0 aromatic rings. The summed E-state index contributed by atoms with van der Waals surface area (Å²) in [5.74, 6) is 0.522. The summed E-state index contributed by atoms with van der Waals surface area (Å²) in [5.41, 5.74) is -0.557. The van der Waals surface area contributed by atoms with Crippen LogP contribution < -0.4 is 5.32 Å². The van der Waals surface area contributed by atoms with Gasteiger partial charge in [0.05, 0.1) is 6.61 Å². The van der Waals surface area contributed by atoms with E-state index in [4.69, 9.17) is 4.74 Å². The molecule has 20 heavy (non-hydrogen) atoms. The van der Waals surface area contributed by atoms with Crippen LogP contribution in [0.4, 0.5) is 0 Å². The first kappa shape index (κ1) is 19.4. The van der Waals surface area contributed by atoms with Crippen LogP contribution in [0.2, 0.25) is 0 Å². The summed E-state index contributed by atoms with van der Waals surface area (Å²) < 4.78 is 5.13. The van der Waals surface area contributed by atoms with Crippen LogP contribution in [0.1, 0.15) is 53.9 Å². The molecule has 0 spiro atoms. The van der Waals surface area contributed by atoms with Crippen LogP contribution in [0.3, 0.4) is 0 Å². The molecule has 0 bridgehead atoms. The fourth-order valence-corrected chi connectivity index (χ4v) is 2.17. The number of carbonyl (C=O) groups is 1. The van der Waals surface area contributed by atoms with Crippen molar-refractivity contribution in [3.63, 3.8) is 0 Å².